The molecule has 0 bridgehead atoms. The van der Waals surface area contributed by atoms with Gasteiger partial charge < -0.3 is 10.1 Å². The van der Waals surface area contributed by atoms with E-state index in [9.17, 15) is 8.42 Å². The number of rotatable bonds is 8. The zero-order chi connectivity index (χ0) is 17.0. The Balaban J connectivity index is 1.88. The van der Waals surface area contributed by atoms with Gasteiger partial charge in [0.1, 0.15) is 5.15 Å². The Morgan fingerprint density at radius 3 is 2.83 bits per heavy atom. The van der Waals surface area contributed by atoms with Gasteiger partial charge in [-0.3, -0.25) is 0 Å². The van der Waals surface area contributed by atoms with Crippen LogP contribution in [0.1, 0.15) is 44.0 Å². The molecule has 1 aromatic rings. The van der Waals surface area contributed by atoms with Crippen molar-refractivity contribution in [2.45, 2.75) is 52.3 Å². The van der Waals surface area contributed by atoms with E-state index in [1.165, 1.54) is 0 Å². The van der Waals surface area contributed by atoms with E-state index >= 15 is 0 Å². The zero-order valence-electron chi connectivity index (χ0n) is 14.0. The number of sulfone groups is 1. The van der Waals surface area contributed by atoms with E-state index in [1.54, 1.807) is 4.68 Å². The summed E-state index contributed by atoms with van der Waals surface area (Å²) in [4.78, 5) is 0. The van der Waals surface area contributed by atoms with Gasteiger partial charge in [-0.1, -0.05) is 11.6 Å². The number of aryl methyl sites for hydroxylation is 1. The van der Waals surface area contributed by atoms with Crippen molar-refractivity contribution in [3.05, 3.63) is 16.4 Å². The Morgan fingerprint density at radius 2 is 2.22 bits per heavy atom. The second kappa shape index (κ2) is 7.96. The molecule has 8 heteroatoms. The van der Waals surface area contributed by atoms with Crippen molar-refractivity contribution in [2.24, 2.45) is 0 Å². The highest BCUT2D eigenvalue weighted by Gasteiger charge is 2.31. The maximum Gasteiger partial charge on any atom is 0.152 e. The van der Waals surface area contributed by atoms with Crippen LogP contribution in [0.15, 0.2) is 0 Å². The van der Waals surface area contributed by atoms with Gasteiger partial charge in [0.05, 0.1) is 29.3 Å². The molecule has 1 N–H and O–H groups in total. The minimum Gasteiger partial charge on any atom is -0.379 e. The highest BCUT2D eigenvalue weighted by molar-refractivity contribution is 7.91. The van der Waals surface area contributed by atoms with Crippen molar-refractivity contribution in [1.29, 1.82) is 0 Å². The third-order valence-electron chi connectivity index (χ3n) is 3.95. The summed E-state index contributed by atoms with van der Waals surface area (Å²) in [5, 5.41) is 8.34. The summed E-state index contributed by atoms with van der Waals surface area (Å²) in [6.45, 7) is 8.15. The molecular weight excluding hydrogens is 338 g/mol. The van der Waals surface area contributed by atoms with Crippen molar-refractivity contribution in [2.75, 3.05) is 24.7 Å². The molecule has 0 aliphatic carbocycles. The molecule has 2 rings (SSSR count). The summed E-state index contributed by atoms with van der Waals surface area (Å²) in [7, 11) is -2.95. The molecule has 0 spiro atoms. The van der Waals surface area contributed by atoms with Gasteiger partial charge in [0.25, 0.3) is 0 Å². The second-order valence-corrected chi connectivity index (χ2v) is 8.89. The first kappa shape index (κ1) is 18.7. The standard InChI is InChI=1S/C15H26ClN3O3S/c1-11(2)22-7-4-6-17-9-14-12(3)18-19(15(14)16)13-5-8-23(20,21)10-13/h11,13,17H,4-10H2,1-3H3/t13-/m0/s1. The molecule has 0 amide bonds. The Bertz CT molecular complexity index is 628. The quantitative estimate of drug-likeness (QED) is 0.716. The van der Waals surface area contributed by atoms with Crippen LogP contribution in [0.2, 0.25) is 5.15 Å². The number of hydrogen-bond donors (Lipinski definition) is 1. The van der Waals surface area contributed by atoms with Gasteiger partial charge >= 0.3 is 0 Å². The van der Waals surface area contributed by atoms with Gasteiger partial charge in [-0.25, -0.2) is 13.1 Å². The third kappa shape index (κ3) is 5.17. The highest BCUT2D eigenvalue weighted by Crippen LogP contribution is 2.29. The topological polar surface area (TPSA) is 73.2 Å². The van der Waals surface area contributed by atoms with E-state index in [2.05, 4.69) is 10.4 Å². The van der Waals surface area contributed by atoms with Gasteiger partial charge in [-0.05, 0) is 40.2 Å². The van der Waals surface area contributed by atoms with Crippen molar-refractivity contribution in [1.82, 2.24) is 15.1 Å². The summed E-state index contributed by atoms with van der Waals surface area (Å²) in [6.07, 6.45) is 1.78. The normalized spacial score (nSPS) is 20.5. The molecule has 6 nitrogen and oxygen atoms in total. The fourth-order valence-corrected chi connectivity index (χ4v) is 4.77. The molecule has 1 aliphatic rings. The molecule has 1 saturated heterocycles. The first-order valence-corrected chi connectivity index (χ1v) is 10.3. The molecule has 1 fully saturated rings. The molecule has 0 aromatic carbocycles. The minimum absolute atomic E-state index is 0.132. The van der Waals surface area contributed by atoms with E-state index in [0.29, 0.717) is 18.1 Å². The summed E-state index contributed by atoms with van der Waals surface area (Å²) < 4.78 is 30.4. The van der Waals surface area contributed by atoms with Crippen LogP contribution in [0.4, 0.5) is 0 Å². The predicted octanol–water partition coefficient (Wildman–Crippen LogP) is 2.11. The van der Waals surface area contributed by atoms with Crippen LogP contribution in [0.3, 0.4) is 0 Å². The number of halogens is 1. The molecule has 2 heterocycles. The van der Waals surface area contributed by atoms with Crippen molar-refractivity contribution < 1.29 is 13.2 Å². The molecule has 23 heavy (non-hydrogen) atoms. The zero-order valence-corrected chi connectivity index (χ0v) is 15.6. The Morgan fingerprint density at radius 1 is 1.48 bits per heavy atom. The predicted molar refractivity (Wildman–Crippen MR) is 91.7 cm³/mol. The number of hydrogen-bond acceptors (Lipinski definition) is 5. The van der Waals surface area contributed by atoms with Crippen LogP contribution in [-0.4, -0.2) is 49.0 Å². The van der Waals surface area contributed by atoms with Gasteiger partial charge in [-0.2, -0.15) is 5.10 Å². The summed E-state index contributed by atoms with van der Waals surface area (Å²) in [5.74, 6) is 0.351. The second-order valence-electron chi connectivity index (χ2n) is 6.31. The Hall–Kier alpha value is -0.630. The number of nitrogens with one attached hydrogen (secondary N) is 1. The van der Waals surface area contributed by atoms with Crippen LogP contribution in [0.5, 0.6) is 0 Å². The van der Waals surface area contributed by atoms with Gasteiger partial charge in [0.15, 0.2) is 9.84 Å². The summed E-state index contributed by atoms with van der Waals surface area (Å²) in [5.41, 5.74) is 1.80. The van der Waals surface area contributed by atoms with Crippen molar-refractivity contribution >= 4 is 21.4 Å². The van der Waals surface area contributed by atoms with Gasteiger partial charge in [-0.15, -0.1) is 0 Å². The summed E-state index contributed by atoms with van der Waals surface area (Å²) >= 11 is 6.43. The molecule has 0 radical (unpaired) electrons. The summed E-state index contributed by atoms with van der Waals surface area (Å²) in [6, 6.07) is -0.139. The largest absolute Gasteiger partial charge is 0.379 e. The van der Waals surface area contributed by atoms with Crippen LogP contribution >= 0.6 is 11.6 Å². The molecule has 1 aromatic heterocycles. The van der Waals surface area contributed by atoms with E-state index in [1.807, 2.05) is 20.8 Å². The Labute approximate surface area is 143 Å². The smallest absolute Gasteiger partial charge is 0.152 e. The average molecular weight is 364 g/mol. The fourth-order valence-electron chi connectivity index (χ4n) is 2.69. The molecule has 0 unspecified atom stereocenters. The molecule has 132 valence electrons. The lowest BCUT2D eigenvalue weighted by molar-refractivity contribution is 0.0770. The average Bonchev–Trinajstić information content (AvgIpc) is 2.95. The lowest BCUT2D eigenvalue weighted by atomic mass is 10.2. The molecule has 1 aliphatic heterocycles. The maximum absolute atomic E-state index is 11.6. The SMILES string of the molecule is Cc1nn([C@H]2CCS(=O)(=O)C2)c(Cl)c1CNCCCOC(C)C. The van der Waals surface area contributed by atoms with E-state index < -0.39 is 9.84 Å². The lowest BCUT2D eigenvalue weighted by Gasteiger charge is -2.10. The van der Waals surface area contributed by atoms with Crippen LogP contribution in [0, 0.1) is 6.92 Å². The van der Waals surface area contributed by atoms with E-state index in [0.717, 1.165) is 30.8 Å². The number of ether oxygens (including phenoxy) is 1. The molecule has 0 saturated carbocycles. The van der Waals surface area contributed by atoms with Crippen LogP contribution in [0.25, 0.3) is 0 Å². The number of aromatic nitrogens is 2. The minimum atomic E-state index is -2.95. The van der Waals surface area contributed by atoms with Crippen molar-refractivity contribution in [3.8, 4) is 0 Å². The fraction of sp³-hybridized carbons (Fsp3) is 0.800. The van der Waals surface area contributed by atoms with Gasteiger partial charge in [0.2, 0.25) is 0 Å². The van der Waals surface area contributed by atoms with E-state index in [4.69, 9.17) is 16.3 Å². The molecule has 1 atom stereocenters. The van der Waals surface area contributed by atoms with Crippen molar-refractivity contribution in [3.63, 3.8) is 0 Å². The third-order valence-corrected chi connectivity index (χ3v) is 6.10. The van der Waals surface area contributed by atoms with Crippen LogP contribution in [-0.2, 0) is 21.1 Å². The molecular formula is C15H26ClN3O3S. The highest BCUT2D eigenvalue weighted by atomic mass is 35.5. The monoisotopic (exact) mass is 363 g/mol. The first-order valence-electron chi connectivity index (χ1n) is 8.06. The van der Waals surface area contributed by atoms with Gasteiger partial charge in [0, 0.05) is 18.7 Å². The number of nitrogens with zero attached hydrogens (tertiary/aromatic N) is 2. The Kier molecular flexibility index (Phi) is 6.48. The van der Waals surface area contributed by atoms with Crippen LogP contribution < -0.4 is 5.32 Å². The first-order chi connectivity index (χ1) is 10.8. The lowest BCUT2D eigenvalue weighted by Crippen LogP contribution is -2.18. The maximum atomic E-state index is 11.6. The van der Waals surface area contributed by atoms with E-state index in [-0.39, 0.29) is 23.7 Å².